The minimum atomic E-state index is -1.52. The highest BCUT2D eigenvalue weighted by Crippen LogP contribution is 2.36. The molecule has 0 amide bonds. The van der Waals surface area contributed by atoms with Crippen LogP contribution in [0.25, 0.3) is 33.2 Å². The average molecular weight is 374 g/mol. The summed E-state index contributed by atoms with van der Waals surface area (Å²) in [6.45, 7) is 13.9. The fourth-order valence-corrected chi connectivity index (χ4v) is 5.28. The van der Waals surface area contributed by atoms with Crippen molar-refractivity contribution in [2.24, 2.45) is 0 Å². The van der Waals surface area contributed by atoms with E-state index in [-0.39, 0.29) is 5.41 Å². The molecule has 3 heteroatoms. The number of aromatic nitrogens is 1. The van der Waals surface area contributed by atoms with Crippen LogP contribution in [0.2, 0.25) is 19.6 Å². The van der Waals surface area contributed by atoms with E-state index >= 15 is 0 Å². The molecule has 0 saturated heterocycles. The maximum absolute atomic E-state index is 6.38. The number of nitrogens with zero attached hydrogens (tertiary/aromatic N) is 1. The molecule has 0 fully saturated rings. The second kappa shape index (κ2) is 6.06. The number of pyridine rings is 1. The maximum atomic E-state index is 6.38. The van der Waals surface area contributed by atoms with Crippen LogP contribution < -0.4 is 5.19 Å². The van der Waals surface area contributed by atoms with Gasteiger partial charge >= 0.3 is 0 Å². The number of hydrogen-bond acceptors (Lipinski definition) is 2. The van der Waals surface area contributed by atoms with Gasteiger partial charge in [0.15, 0.2) is 0 Å². The zero-order valence-electron chi connectivity index (χ0n) is 17.1. The van der Waals surface area contributed by atoms with Gasteiger partial charge in [-0.05, 0) is 40.4 Å². The molecule has 2 aromatic carbocycles. The molecule has 0 radical (unpaired) electrons. The molecule has 4 rings (SSSR count). The van der Waals surface area contributed by atoms with Gasteiger partial charge in [-0.15, -0.1) is 0 Å². The third-order valence-corrected chi connectivity index (χ3v) is 7.27. The van der Waals surface area contributed by atoms with Gasteiger partial charge in [0.1, 0.15) is 11.2 Å². The molecule has 4 aromatic rings. The van der Waals surface area contributed by atoms with Crippen molar-refractivity contribution in [2.75, 3.05) is 0 Å². The van der Waals surface area contributed by atoms with E-state index in [1.54, 1.807) is 0 Å². The van der Waals surface area contributed by atoms with Crippen molar-refractivity contribution < 1.29 is 4.42 Å². The summed E-state index contributed by atoms with van der Waals surface area (Å²) in [7, 11) is -1.52. The Morgan fingerprint density at radius 1 is 0.926 bits per heavy atom. The number of furan rings is 1. The summed E-state index contributed by atoms with van der Waals surface area (Å²) in [5.41, 5.74) is 5.35. The molecule has 0 atom stereocenters. The number of benzene rings is 2. The first kappa shape index (κ1) is 18.0. The van der Waals surface area contributed by atoms with Crippen LogP contribution in [-0.4, -0.2) is 13.1 Å². The molecule has 27 heavy (non-hydrogen) atoms. The van der Waals surface area contributed by atoms with Gasteiger partial charge in [-0.3, -0.25) is 4.98 Å². The largest absolute Gasteiger partial charge is 0.455 e. The molecule has 0 aliphatic carbocycles. The topological polar surface area (TPSA) is 26.0 Å². The van der Waals surface area contributed by atoms with Gasteiger partial charge in [0.2, 0.25) is 0 Å². The van der Waals surface area contributed by atoms with E-state index < -0.39 is 8.07 Å². The SMILES string of the molecule is CC(C)(C)c1ccnc(-c2ccc([Si](C)(C)C)c3c2oc2ccccc23)c1. The van der Waals surface area contributed by atoms with Crippen LogP contribution >= 0.6 is 0 Å². The van der Waals surface area contributed by atoms with E-state index in [2.05, 4.69) is 87.9 Å². The summed E-state index contributed by atoms with van der Waals surface area (Å²) in [5.74, 6) is 0. The Balaban J connectivity index is 2.07. The van der Waals surface area contributed by atoms with Gasteiger partial charge in [0.05, 0.1) is 13.8 Å². The molecule has 0 N–H and O–H groups in total. The predicted molar refractivity (Wildman–Crippen MR) is 119 cm³/mol. The molecular formula is C24H27NOSi. The van der Waals surface area contributed by atoms with Crippen molar-refractivity contribution in [3.8, 4) is 11.3 Å². The Morgan fingerprint density at radius 2 is 1.67 bits per heavy atom. The normalized spacial score (nSPS) is 12.8. The Kier molecular flexibility index (Phi) is 4.04. The molecule has 2 aromatic heterocycles. The Labute approximate surface area is 162 Å². The summed E-state index contributed by atoms with van der Waals surface area (Å²) in [6, 6.07) is 17.2. The molecule has 0 spiro atoms. The van der Waals surface area contributed by atoms with Crippen molar-refractivity contribution in [1.82, 2.24) is 4.98 Å². The fraction of sp³-hybridized carbons (Fsp3) is 0.292. The number of rotatable bonds is 2. The second-order valence-corrected chi connectivity index (χ2v) is 14.4. The van der Waals surface area contributed by atoms with E-state index in [0.717, 1.165) is 22.4 Å². The third-order valence-electron chi connectivity index (χ3n) is 5.24. The lowest BCUT2D eigenvalue weighted by Crippen LogP contribution is -2.37. The lowest BCUT2D eigenvalue weighted by atomic mass is 9.87. The Bertz CT molecular complexity index is 1140. The van der Waals surface area contributed by atoms with E-state index in [4.69, 9.17) is 4.42 Å². The lowest BCUT2D eigenvalue weighted by Gasteiger charge is -2.20. The minimum Gasteiger partial charge on any atom is -0.455 e. The van der Waals surface area contributed by atoms with E-state index in [0.29, 0.717) is 0 Å². The van der Waals surface area contributed by atoms with Gasteiger partial charge in [-0.2, -0.15) is 0 Å². The molecule has 2 nitrogen and oxygen atoms in total. The molecular weight excluding hydrogens is 346 g/mol. The van der Waals surface area contributed by atoms with Crippen LogP contribution in [0.4, 0.5) is 0 Å². The Morgan fingerprint density at radius 3 is 2.37 bits per heavy atom. The predicted octanol–water partition coefficient (Wildman–Crippen LogP) is 6.49. The zero-order chi connectivity index (χ0) is 19.4. The molecule has 0 saturated carbocycles. The molecule has 0 aliphatic heterocycles. The van der Waals surface area contributed by atoms with E-state index in [9.17, 15) is 0 Å². The average Bonchev–Trinajstić information content (AvgIpc) is 2.99. The first-order chi connectivity index (χ1) is 12.7. The highest BCUT2D eigenvalue weighted by molar-refractivity contribution is 6.90. The standard InChI is InChI=1S/C24H27NOSi/c1-24(2,3)16-13-14-25-19(15-16)17-11-12-21(27(4,5)6)22-18-9-7-8-10-20(18)26-23(17)22/h7-15H,1-6H3. The van der Waals surface area contributed by atoms with Gasteiger partial charge in [0.25, 0.3) is 0 Å². The number of para-hydroxylation sites is 1. The molecule has 0 unspecified atom stereocenters. The van der Waals surface area contributed by atoms with Gasteiger partial charge in [-0.25, -0.2) is 0 Å². The highest BCUT2D eigenvalue weighted by atomic mass is 28.3. The number of fused-ring (bicyclic) bond motifs is 3. The third kappa shape index (κ3) is 3.10. The first-order valence-electron chi connectivity index (χ1n) is 9.58. The summed E-state index contributed by atoms with van der Waals surface area (Å²) < 4.78 is 6.38. The van der Waals surface area contributed by atoms with Gasteiger partial charge in [-0.1, -0.05) is 64.7 Å². The molecule has 2 heterocycles. The van der Waals surface area contributed by atoms with E-state index in [1.807, 2.05) is 12.3 Å². The lowest BCUT2D eigenvalue weighted by molar-refractivity contribution is 0.589. The molecule has 138 valence electrons. The smallest absolute Gasteiger partial charge is 0.144 e. The molecule has 0 bridgehead atoms. The van der Waals surface area contributed by atoms with Crippen LogP contribution in [0.1, 0.15) is 26.3 Å². The van der Waals surface area contributed by atoms with Crippen molar-refractivity contribution in [3.63, 3.8) is 0 Å². The summed E-state index contributed by atoms with van der Waals surface area (Å²) in [5, 5.41) is 3.92. The summed E-state index contributed by atoms with van der Waals surface area (Å²) in [6.07, 6.45) is 1.91. The van der Waals surface area contributed by atoms with Crippen molar-refractivity contribution >= 4 is 35.2 Å². The van der Waals surface area contributed by atoms with Crippen molar-refractivity contribution in [3.05, 3.63) is 60.3 Å². The summed E-state index contributed by atoms with van der Waals surface area (Å²) in [4.78, 5) is 4.69. The quantitative estimate of drug-likeness (QED) is 0.375. The monoisotopic (exact) mass is 373 g/mol. The van der Waals surface area contributed by atoms with Gasteiger partial charge in [0, 0.05) is 22.5 Å². The Hall–Kier alpha value is -2.39. The van der Waals surface area contributed by atoms with Crippen LogP contribution in [-0.2, 0) is 5.41 Å². The minimum absolute atomic E-state index is 0.0863. The van der Waals surface area contributed by atoms with Crippen LogP contribution in [0.5, 0.6) is 0 Å². The van der Waals surface area contributed by atoms with Crippen molar-refractivity contribution in [1.29, 1.82) is 0 Å². The van der Waals surface area contributed by atoms with Crippen molar-refractivity contribution in [2.45, 2.75) is 45.8 Å². The fourth-order valence-electron chi connectivity index (χ4n) is 3.70. The zero-order valence-corrected chi connectivity index (χ0v) is 18.1. The van der Waals surface area contributed by atoms with Crippen LogP contribution in [0.3, 0.4) is 0 Å². The van der Waals surface area contributed by atoms with Crippen LogP contribution in [0, 0.1) is 0 Å². The van der Waals surface area contributed by atoms with Crippen LogP contribution in [0.15, 0.2) is 59.1 Å². The summed E-state index contributed by atoms with van der Waals surface area (Å²) >= 11 is 0. The highest BCUT2D eigenvalue weighted by Gasteiger charge is 2.25. The second-order valence-electron chi connectivity index (χ2n) is 9.39. The maximum Gasteiger partial charge on any atom is 0.144 e. The number of hydrogen-bond donors (Lipinski definition) is 0. The van der Waals surface area contributed by atoms with E-state index in [1.165, 1.54) is 21.5 Å². The van der Waals surface area contributed by atoms with Gasteiger partial charge < -0.3 is 4.42 Å². The first-order valence-corrected chi connectivity index (χ1v) is 13.1. The molecule has 0 aliphatic rings.